The van der Waals surface area contributed by atoms with Crippen LogP contribution in [-0.2, 0) is 11.3 Å². The molecule has 2 rings (SSSR count). The quantitative estimate of drug-likeness (QED) is 0.833. The largest absolute Gasteiger partial charge is 0.383 e. The molecule has 1 aliphatic rings. The maximum atomic E-state index is 14.0. The first kappa shape index (κ1) is 15.9. The molecule has 0 amide bonds. The zero-order valence-corrected chi connectivity index (χ0v) is 12.4. The number of rotatable bonds is 7. The van der Waals surface area contributed by atoms with Crippen molar-refractivity contribution in [3.63, 3.8) is 0 Å². The Kier molecular flexibility index (Phi) is 6.12. The van der Waals surface area contributed by atoms with E-state index in [-0.39, 0.29) is 5.82 Å². The molecule has 1 aliphatic heterocycles. The highest BCUT2D eigenvalue weighted by Gasteiger charge is 2.18. The van der Waals surface area contributed by atoms with Crippen molar-refractivity contribution in [3.8, 4) is 6.07 Å². The topological polar surface area (TPSA) is 48.3 Å². The molecule has 0 aromatic heterocycles. The van der Waals surface area contributed by atoms with Gasteiger partial charge in [-0.2, -0.15) is 5.26 Å². The molecule has 1 aromatic rings. The molecule has 1 unspecified atom stereocenters. The van der Waals surface area contributed by atoms with E-state index in [4.69, 9.17) is 10.00 Å². The molecule has 0 saturated carbocycles. The second-order valence-corrected chi connectivity index (χ2v) is 5.44. The third-order valence-corrected chi connectivity index (χ3v) is 3.83. The Morgan fingerprint density at radius 2 is 2.38 bits per heavy atom. The Bertz CT molecular complexity index is 495. The van der Waals surface area contributed by atoms with Gasteiger partial charge in [-0.15, -0.1) is 0 Å². The summed E-state index contributed by atoms with van der Waals surface area (Å²) in [6, 6.07) is 7.11. The van der Waals surface area contributed by atoms with Gasteiger partial charge < -0.3 is 10.1 Å². The van der Waals surface area contributed by atoms with Crippen LogP contribution in [0.2, 0.25) is 0 Å². The molecule has 4 nitrogen and oxygen atoms in total. The summed E-state index contributed by atoms with van der Waals surface area (Å²) in [5.74, 6) is -0.309. The Balaban J connectivity index is 2.01. The summed E-state index contributed by atoms with van der Waals surface area (Å²) in [5.41, 5.74) is 0.986. The van der Waals surface area contributed by atoms with E-state index in [0.717, 1.165) is 19.6 Å². The second-order valence-electron chi connectivity index (χ2n) is 5.44. The van der Waals surface area contributed by atoms with Gasteiger partial charge in [0.2, 0.25) is 0 Å². The maximum Gasteiger partial charge on any atom is 0.129 e. The Labute approximate surface area is 125 Å². The van der Waals surface area contributed by atoms with Crippen molar-refractivity contribution in [3.05, 3.63) is 35.1 Å². The maximum absolute atomic E-state index is 14.0. The fraction of sp³-hybridized carbons (Fsp3) is 0.562. The average molecular weight is 291 g/mol. The third kappa shape index (κ3) is 4.78. The van der Waals surface area contributed by atoms with Gasteiger partial charge in [0.1, 0.15) is 5.82 Å². The summed E-state index contributed by atoms with van der Waals surface area (Å²) in [4.78, 5) is 2.21. The lowest BCUT2D eigenvalue weighted by atomic mass is 10.1. The van der Waals surface area contributed by atoms with Crippen LogP contribution in [0, 0.1) is 17.1 Å². The van der Waals surface area contributed by atoms with Crippen LogP contribution in [-0.4, -0.2) is 44.3 Å². The van der Waals surface area contributed by atoms with Gasteiger partial charge in [-0.05, 0) is 31.5 Å². The van der Waals surface area contributed by atoms with E-state index in [0.29, 0.717) is 30.3 Å². The van der Waals surface area contributed by atoms with Crippen LogP contribution in [0.5, 0.6) is 0 Å². The van der Waals surface area contributed by atoms with Crippen LogP contribution >= 0.6 is 0 Å². The number of hydrogen-bond donors (Lipinski definition) is 1. The molecule has 5 heteroatoms. The minimum atomic E-state index is -0.309. The molecular formula is C16H22FN3O. The highest BCUT2D eigenvalue weighted by atomic mass is 19.1. The van der Waals surface area contributed by atoms with Crippen LogP contribution < -0.4 is 5.32 Å². The van der Waals surface area contributed by atoms with Crippen LogP contribution in [0.4, 0.5) is 4.39 Å². The molecule has 1 fully saturated rings. The van der Waals surface area contributed by atoms with E-state index < -0.39 is 0 Å². The fourth-order valence-electron chi connectivity index (χ4n) is 2.67. The minimum absolute atomic E-state index is 0.309. The molecule has 21 heavy (non-hydrogen) atoms. The van der Waals surface area contributed by atoms with Gasteiger partial charge in [0, 0.05) is 38.3 Å². The van der Waals surface area contributed by atoms with E-state index in [1.54, 1.807) is 19.2 Å². The van der Waals surface area contributed by atoms with Gasteiger partial charge >= 0.3 is 0 Å². The lowest BCUT2D eigenvalue weighted by Gasteiger charge is -2.25. The van der Waals surface area contributed by atoms with Crippen molar-refractivity contribution in [2.45, 2.75) is 25.4 Å². The molecule has 1 N–H and O–H groups in total. The number of hydrogen-bond acceptors (Lipinski definition) is 4. The molecule has 0 bridgehead atoms. The Hall–Kier alpha value is -1.48. The van der Waals surface area contributed by atoms with Crippen LogP contribution in [0.1, 0.15) is 24.0 Å². The number of halogens is 1. The summed E-state index contributed by atoms with van der Waals surface area (Å²) in [5, 5.41) is 12.3. The molecular weight excluding hydrogens is 269 g/mol. The standard InChI is InChI=1S/C16H22FN3O/c1-21-8-7-20(12-15-3-2-6-19-15)11-14-5-4-13(10-18)9-16(14)17/h4-5,9,15,19H,2-3,6-8,11-12H2,1H3. The molecule has 0 radical (unpaired) electrons. The van der Waals surface area contributed by atoms with E-state index in [1.807, 2.05) is 6.07 Å². The normalized spacial score (nSPS) is 18.1. The fourth-order valence-corrected chi connectivity index (χ4v) is 2.67. The second kappa shape index (κ2) is 8.08. The minimum Gasteiger partial charge on any atom is -0.383 e. The summed E-state index contributed by atoms with van der Waals surface area (Å²) < 4.78 is 19.2. The molecule has 1 atom stereocenters. The lowest BCUT2D eigenvalue weighted by molar-refractivity contribution is 0.137. The molecule has 114 valence electrons. The first-order chi connectivity index (χ1) is 10.2. The first-order valence-corrected chi connectivity index (χ1v) is 7.36. The van der Waals surface area contributed by atoms with E-state index in [2.05, 4.69) is 10.2 Å². The lowest BCUT2D eigenvalue weighted by Crippen LogP contribution is -2.38. The van der Waals surface area contributed by atoms with Gasteiger partial charge in [-0.1, -0.05) is 6.07 Å². The SMILES string of the molecule is COCCN(Cc1ccc(C#N)cc1F)CC1CCCN1. The number of nitrogens with zero attached hydrogens (tertiary/aromatic N) is 2. The van der Waals surface area contributed by atoms with Crippen LogP contribution in [0.15, 0.2) is 18.2 Å². The predicted molar refractivity (Wildman–Crippen MR) is 79.3 cm³/mol. The summed E-state index contributed by atoms with van der Waals surface area (Å²) >= 11 is 0. The highest BCUT2D eigenvalue weighted by molar-refractivity contribution is 5.32. The molecule has 0 spiro atoms. The number of benzene rings is 1. The van der Waals surface area contributed by atoms with Gasteiger partial charge in [0.15, 0.2) is 0 Å². The van der Waals surface area contributed by atoms with Crippen molar-refractivity contribution in [1.82, 2.24) is 10.2 Å². The zero-order valence-electron chi connectivity index (χ0n) is 12.4. The number of nitrogens with one attached hydrogen (secondary N) is 1. The third-order valence-electron chi connectivity index (χ3n) is 3.83. The van der Waals surface area contributed by atoms with Crippen LogP contribution in [0.3, 0.4) is 0 Å². The van der Waals surface area contributed by atoms with Gasteiger partial charge in [-0.3, -0.25) is 4.90 Å². The van der Waals surface area contributed by atoms with Gasteiger partial charge in [0.25, 0.3) is 0 Å². The van der Waals surface area contributed by atoms with E-state index in [1.165, 1.54) is 18.9 Å². The van der Waals surface area contributed by atoms with Crippen molar-refractivity contribution in [2.75, 3.05) is 33.4 Å². The Morgan fingerprint density at radius 1 is 1.52 bits per heavy atom. The summed E-state index contributed by atoms with van der Waals surface area (Å²) in [6.07, 6.45) is 2.37. The molecule has 1 heterocycles. The van der Waals surface area contributed by atoms with E-state index >= 15 is 0 Å². The number of ether oxygens (including phenoxy) is 1. The first-order valence-electron chi connectivity index (χ1n) is 7.36. The molecule has 1 saturated heterocycles. The average Bonchev–Trinajstić information content (AvgIpc) is 2.99. The zero-order chi connectivity index (χ0) is 15.1. The predicted octanol–water partition coefficient (Wildman–Crippen LogP) is 1.90. The van der Waals surface area contributed by atoms with Crippen molar-refractivity contribution in [1.29, 1.82) is 5.26 Å². The van der Waals surface area contributed by atoms with Gasteiger partial charge in [0.05, 0.1) is 18.2 Å². The van der Waals surface area contributed by atoms with E-state index in [9.17, 15) is 4.39 Å². The number of methoxy groups -OCH3 is 1. The van der Waals surface area contributed by atoms with Gasteiger partial charge in [-0.25, -0.2) is 4.39 Å². The van der Waals surface area contributed by atoms with Crippen molar-refractivity contribution in [2.24, 2.45) is 0 Å². The number of nitriles is 1. The summed E-state index contributed by atoms with van der Waals surface area (Å²) in [7, 11) is 1.67. The smallest absolute Gasteiger partial charge is 0.129 e. The highest BCUT2D eigenvalue weighted by Crippen LogP contribution is 2.14. The summed E-state index contributed by atoms with van der Waals surface area (Å²) in [6.45, 7) is 3.90. The Morgan fingerprint density at radius 3 is 3.00 bits per heavy atom. The van der Waals surface area contributed by atoms with Crippen molar-refractivity contribution < 1.29 is 9.13 Å². The van der Waals surface area contributed by atoms with Crippen LogP contribution in [0.25, 0.3) is 0 Å². The van der Waals surface area contributed by atoms with Crippen molar-refractivity contribution >= 4 is 0 Å². The monoisotopic (exact) mass is 291 g/mol. The molecule has 1 aromatic carbocycles. The molecule has 0 aliphatic carbocycles.